The van der Waals surface area contributed by atoms with Gasteiger partial charge in [-0.05, 0) is 37.1 Å². The lowest BCUT2D eigenvalue weighted by Gasteiger charge is -2.35. The van der Waals surface area contributed by atoms with Gasteiger partial charge in [0.15, 0.2) is 5.82 Å². The van der Waals surface area contributed by atoms with E-state index >= 15 is 0 Å². The molecule has 0 unspecified atom stereocenters. The van der Waals surface area contributed by atoms with Crippen molar-refractivity contribution < 1.29 is 18.0 Å². The summed E-state index contributed by atoms with van der Waals surface area (Å²) >= 11 is 0. The van der Waals surface area contributed by atoms with Gasteiger partial charge >= 0.3 is 0 Å². The highest BCUT2D eigenvalue weighted by atomic mass is 32.2. The van der Waals surface area contributed by atoms with Gasteiger partial charge in [-0.1, -0.05) is 20.8 Å². The van der Waals surface area contributed by atoms with Crippen LogP contribution in [0.1, 0.15) is 50.5 Å². The lowest BCUT2D eigenvalue weighted by Crippen LogP contribution is -2.42. The Balaban J connectivity index is 2.18. The van der Waals surface area contributed by atoms with Gasteiger partial charge in [0.25, 0.3) is 5.91 Å². The van der Waals surface area contributed by atoms with E-state index in [9.17, 15) is 18.0 Å². The van der Waals surface area contributed by atoms with Gasteiger partial charge in [0.2, 0.25) is 15.9 Å². The summed E-state index contributed by atoms with van der Waals surface area (Å²) in [5.74, 6) is -0.182. The van der Waals surface area contributed by atoms with Crippen molar-refractivity contribution in [2.75, 3.05) is 12.4 Å². The number of aromatic nitrogens is 2. The van der Waals surface area contributed by atoms with E-state index < -0.39 is 10.0 Å². The topological polar surface area (TPSA) is 113 Å². The fraction of sp³-hybridized carbons (Fsp3) is 0.476. The first kappa shape index (κ1) is 23.0. The summed E-state index contributed by atoms with van der Waals surface area (Å²) in [5, 5.41) is 6.89. The van der Waals surface area contributed by atoms with Crippen LogP contribution in [-0.2, 0) is 28.4 Å². The number of nitrogens with zero attached hydrogens (tertiary/aromatic N) is 3. The monoisotopic (exact) mass is 447 g/mol. The molecule has 1 atom stereocenters. The zero-order chi connectivity index (χ0) is 23.3. The Hall–Kier alpha value is -2.72. The van der Waals surface area contributed by atoms with Crippen molar-refractivity contribution >= 4 is 27.7 Å². The van der Waals surface area contributed by atoms with Crippen molar-refractivity contribution in [3.8, 4) is 11.3 Å². The van der Waals surface area contributed by atoms with Crippen molar-refractivity contribution in [1.29, 1.82) is 0 Å². The lowest BCUT2D eigenvalue weighted by atomic mass is 9.87. The molecule has 1 aromatic carbocycles. The molecule has 2 aromatic rings. The van der Waals surface area contributed by atoms with Gasteiger partial charge in [-0.2, -0.15) is 5.10 Å². The molecule has 1 aromatic heterocycles. The van der Waals surface area contributed by atoms with Crippen LogP contribution in [0.2, 0.25) is 0 Å². The Labute approximate surface area is 182 Å². The fourth-order valence-corrected chi connectivity index (χ4v) is 4.66. The maximum Gasteiger partial charge on any atom is 0.256 e. The highest BCUT2D eigenvalue weighted by Gasteiger charge is 2.39. The van der Waals surface area contributed by atoms with E-state index in [1.54, 1.807) is 22.7 Å². The number of aryl methyl sites for hydroxylation is 1. The molecule has 0 bridgehead atoms. The third-order valence-corrected chi connectivity index (χ3v) is 7.20. The molecule has 2 N–H and O–H groups in total. The minimum atomic E-state index is -3.89. The Morgan fingerprint density at radius 2 is 1.87 bits per heavy atom. The molecule has 0 aliphatic carbocycles. The van der Waals surface area contributed by atoms with Gasteiger partial charge in [-0.15, -0.1) is 0 Å². The molecule has 0 saturated carbocycles. The summed E-state index contributed by atoms with van der Waals surface area (Å²) in [6.45, 7) is 9.82. The maximum atomic E-state index is 13.3. The predicted octanol–water partition coefficient (Wildman–Crippen LogP) is 2.34. The number of rotatable bonds is 5. The van der Waals surface area contributed by atoms with Crippen molar-refractivity contribution in [3.63, 3.8) is 0 Å². The zero-order valence-electron chi connectivity index (χ0n) is 18.9. The Kier molecular flexibility index (Phi) is 5.74. The van der Waals surface area contributed by atoms with Crippen molar-refractivity contribution in [1.82, 2.24) is 19.4 Å². The van der Waals surface area contributed by atoms with E-state index in [0.717, 1.165) is 0 Å². The highest BCUT2D eigenvalue weighted by molar-refractivity contribution is 7.89. The molecule has 3 rings (SSSR count). The third kappa shape index (κ3) is 4.22. The quantitative estimate of drug-likeness (QED) is 0.730. The molecule has 0 radical (unpaired) electrons. The Morgan fingerprint density at radius 3 is 2.42 bits per heavy atom. The smallest absolute Gasteiger partial charge is 0.256 e. The summed E-state index contributed by atoms with van der Waals surface area (Å²) in [4.78, 5) is 26.3. The van der Waals surface area contributed by atoms with Crippen LogP contribution in [0, 0.1) is 5.41 Å². The number of carbonyl (C=O) groups is 2. The maximum absolute atomic E-state index is 13.3. The number of nitrogens with one attached hydrogen (secondary N) is 2. The van der Waals surface area contributed by atoms with E-state index in [-0.39, 0.29) is 33.7 Å². The zero-order valence-corrected chi connectivity index (χ0v) is 19.7. The van der Waals surface area contributed by atoms with Crippen LogP contribution in [-0.4, -0.2) is 48.0 Å². The predicted molar refractivity (Wildman–Crippen MR) is 118 cm³/mol. The van der Waals surface area contributed by atoms with Crippen LogP contribution < -0.4 is 10.0 Å². The normalized spacial score (nSPS) is 15.2. The number of hydrogen-bond acceptors (Lipinski definition) is 5. The molecule has 2 heterocycles. The molecule has 0 saturated heterocycles. The van der Waals surface area contributed by atoms with Crippen LogP contribution in [0.4, 0.5) is 5.82 Å². The lowest BCUT2D eigenvalue weighted by molar-refractivity contribution is -0.114. The molecule has 0 spiro atoms. The second-order valence-corrected chi connectivity index (χ2v) is 10.8. The minimum Gasteiger partial charge on any atom is -0.331 e. The highest BCUT2D eigenvalue weighted by Crippen LogP contribution is 2.37. The van der Waals surface area contributed by atoms with Crippen molar-refractivity contribution in [3.05, 3.63) is 29.3 Å². The van der Waals surface area contributed by atoms with Crippen LogP contribution in [0.25, 0.3) is 11.3 Å². The number of hydrogen-bond donors (Lipinski definition) is 2. The van der Waals surface area contributed by atoms with Crippen molar-refractivity contribution in [2.24, 2.45) is 12.5 Å². The van der Waals surface area contributed by atoms with Gasteiger partial charge < -0.3 is 10.2 Å². The molecule has 168 valence electrons. The average molecular weight is 448 g/mol. The summed E-state index contributed by atoms with van der Waals surface area (Å²) in [6, 6.07) is 4.89. The van der Waals surface area contributed by atoms with Crippen LogP contribution >= 0.6 is 0 Å². The summed E-state index contributed by atoms with van der Waals surface area (Å²) < 4.78 is 29.6. The molecule has 31 heavy (non-hydrogen) atoms. The first-order chi connectivity index (χ1) is 14.3. The first-order valence-electron chi connectivity index (χ1n) is 9.99. The fourth-order valence-electron chi connectivity index (χ4n) is 3.67. The second-order valence-electron chi connectivity index (χ2n) is 8.91. The summed E-state index contributed by atoms with van der Waals surface area (Å²) in [7, 11) is -0.864. The van der Waals surface area contributed by atoms with E-state index in [1.807, 2.05) is 33.8 Å². The van der Waals surface area contributed by atoms with E-state index in [4.69, 9.17) is 0 Å². The molecule has 2 amide bonds. The number of fused-ring (bicyclic) bond motifs is 1. The van der Waals surface area contributed by atoms with E-state index in [1.165, 1.54) is 20.0 Å². The van der Waals surface area contributed by atoms with Gasteiger partial charge in [-0.3, -0.25) is 14.3 Å². The summed E-state index contributed by atoms with van der Waals surface area (Å²) in [6.07, 6.45) is 0. The van der Waals surface area contributed by atoms with E-state index in [0.29, 0.717) is 29.2 Å². The van der Waals surface area contributed by atoms with Gasteiger partial charge in [0.05, 0.1) is 16.2 Å². The van der Waals surface area contributed by atoms with Crippen LogP contribution in [0.15, 0.2) is 23.1 Å². The number of amides is 2. The molecular weight excluding hydrogens is 418 g/mol. The number of sulfonamides is 1. The molecule has 10 heteroatoms. The third-order valence-electron chi connectivity index (χ3n) is 5.76. The summed E-state index contributed by atoms with van der Waals surface area (Å²) in [5.41, 5.74) is 1.90. The standard InChI is InChI=1S/C21H29N5O4S/c1-12(21(3,4)5)26-11-15-8-14(16-10-18(23-13(2)27)24-25(16)7)9-17(19(15)20(26)28)31(29,30)22-6/h8-10,12,22H,11H2,1-7H3,(H,23,24,27)/t12-/m0/s1. The first-order valence-corrected chi connectivity index (χ1v) is 11.5. The van der Waals surface area contributed by atoms with E-state index in [2.05, 4.69) is 15.1 Å². The molecule has 0 fully saturated rings. The SMILES string of the molecule is CNS(=O)(=O)c1cc(-c2cc(NC(C)=O)nn2C)cc2c1C(=O)N([C@@H](C)C(C)(C)C)C2. The molecule has 1 aliphatic rings. The van der Waals surface area contributed by atoms with Gasteiger partial charge in [0.1, 0.15) is 0 Å². The Bertz CT molecular complexity index is 1160. The van der Waals surface area contributed by atoms with Crippen LogP contribution in [0.3, 0.4) is 0 Å². The molecular formula is C21H29N5O4S. The van der Waals surface area contributed by atoms with Gasteiger partial charge in [-0.25, -0.2) is 13.1 Å². The molecule has 9 nitrogen and oxygen atoms in total. The van der Waals surface area contributed by atoms with Gasteiger partial charge in [0, 0.05) is 38.2 Å². The minimum absolute atomic E-state index is 0.0570. The molecule has 1 aliphatic heterocycles. The van der Waals surface area contributed by atoms with Crippen LogP contribution in [0.5, 0.6) is 0 Å². The Morgan fingerprint density at radius 1 is 1.23 bits per heavy atom. The second kappa shape index (κ2) is 7.76. The number of carbonyl (C=O) groups excluding carboxylic acids is 2. The number of benzene rings is 1. The number of anilines is 1. The largest absolute Gasteiger partial charge is 0.331 e. The average Bonchev–Trinajstić information content (AvgIpc) is 3.18. The van der Waals surface area contributed by atoms with Crippen molar-refractivity contribution in [2.45, 2.75) is 52.1 Å².